The minimum absolute atomic E-state index is 0.00115. The van der Waals surface area contributed by atoms with Gasteiger partial charge in [0.05, 0.1) is 13.2 Å². The van der Waals surface area contributed by atoms with Gasteiger partial charge in [-0.25, -0.2) is 4.79 Å². The minimum atomic E-state index is -4.03. The molecule has 3 amide bonds. The Balaban J connectivity index is 3.09. The largest absolute Gasteiger partial charge is 0.444 e. The van der Waals surface area contributed by atoms with E-state index in [0.29, 0.717) is 0 Å². The van der Waals surface area contributed by atoms with E-state index in [-0.39, 0.29) is 26.1 Å². The number of ether oxygens (including phenoxy) is 1. The van der Waals surface area contributed by atoms with E-state index in [4.69, 9.17) is 13.8 Å². The van der Waals surface area contributed by atoms with Gasteiger partial charge in [0.15, 0.2) is 11.6 Å². The zero-order chi connectivity index (χ0) is 27.4. The predicted octanol–water partition coefficient (Wildman–Crippen LogP) is 2.93. The normalized spacial score (nSPS) is 13.3. The molecule has 1 aromatic rings. The standard InChI is InChI=1S/C24H38N3O8P/c1-7-19(28)22(36(32,33-8-2)34-9-3)27-21(30)18(15-17-13-11-10-12-14-17)26-20(29)16-25-23(31)35-24(4,5)6/h10-14,18,22H,7-9,15-16H2,1-6H3,(H,25,31)(H,26,29)(H,27,30)/t18-,22?/m0/s1. The summed E-state index contributed by atoms with van der Waals surface area (Å²) in [6.45, 7) is 9.37. The molecule has 12 heteroatoms. The number of Topliss-reactive ketones (excluding diaryl/α,β-unsaturated/α-hetero) is 1. The Labute approximate surface area is 212 Å². The fourth-order valence-corrected chi connectivity index (χ4v) is 4.99. The number of hydrogen-bond donors (Lipinski definition) is 3. The lowest BCUT2D eigenvalue weighted by Gasteiger charge is -2.28. The molecule has 202 valence electrons. The topological polar surface area (TPSA) is 149 Å². The molecule has 1 rings (SSSR count). The number of ketones is 1. The first-order valence-electron chi connectivity index (χ1n) is 11.9. The molecule has 1 aromatic carbocycles. The molecule has 36 heavy (non-hydrogen) atoms. The van der Waals surface area contributed by atoms with Gasteiger partial charge in [0, 0.05) is 12.8 Å². The van der Waals surface area contributed by atoms with Crippen molar-refractivity contribution in [3.63, 3.8) is 0 Å². The highest BCUT2D eigenvalue weighted by atomic mass is 31.2. The lowest BCUT2D eigenvalue weighted by molar-refractivity contribution is -0.130. The summed E-state index contributed by atoms with van der Waals surface area (Å²) in [5.41, 5.74) is -0.0131. The molecule has 0 spiro atoms. The molecule has 0 radical (unpaired) electrons. The number of carbonyl (C=O) groups is 4. The van der Waals surface area contributed by atoms with E-state index in [9.17, 15) is 23.7 Å². The lowest BCUT2D eigenvalue weighted by Crippen LogP contribution is -2.54. The molecule has 3 N–H and O–H groups in total. The Bertz CT molecular complexity index is 923. The van der Waals surface area contributed by atoms with Crippen LogP contribution in [0.5, 0.6) is 0 Å². The van der Waals surface area contributed by atoms with Gasteiger partial charge in [-0.1, -0.05) is 37.3 Å². The van der Waals surface area contributed by atoms with Gasteiger partial charge in [-0.05, 0) is 40.2 Å². The van der Waals surface area contributed by atoms with Gasteiger partial charge < -0.3 is 29.7 Å². The van der Waals surface area contributed by atoms with E-state index in [1.807, 2.05) is 0 Å². The van der Waals surface area contributed by atoms with Crippen LogP contribution >= 0.6 is 7.60 Å². The highest BCUT2D eigenvalue weighted by molar-refractivity contribution is 7.55. The average Bonchev–Trinajstić information content (AvgIpc) is 2.80. The fourth-order valence-electron chi connectivity index (χ4n) is 3.08. The van der Waals surface area contributed by atoms with Gasteiger partial charge in [0.1, 0.15) is 18.2 Å². The van der Waals surface area contributed by atoms with Crippen LogP contribution in [0.25, 0.3) is 0 Å². The second kappa shape index (κ2) is 14.7. The fraction of sp³-hybridized carbons (Fsp3) is 0.583. The molecule has 0 saturated carbocycles. The first-order chi connectivity index (χ1) is 16.8. The van der Waals surface area contributed by atoms with Crippen molar-refractivity contribution in [3.05, 3.63) is 35.9 Å². The number of benzene rings is 1. The molecule has 0 saturated heterocycles. The molecule has 0 aromatic heterocycles. The van der Waals surface area contributed by atoms with Crippen molar-refractivity contribution < 1.29 is 37.5 Å². The smallest absolute Gasteiger partial charge is 0.408 e. The Morgan fingerprint density at radius 1 is 0.944 bits per heavy atom. The van der Waals surface area contributed by atoms with Crippen LogP contribution in [-0.2, 0) is 39.2 Å². The van der Waals surface area contributed by atoms with E-state index < -0.39 is 55.3 Å². The third-order valence-electron chi connectivity index (χ3n) is 4.59. The van der Waals surface area contributed by atoms with Crippen molar-refractivity contribution in [3.8, 4) is 0 Å². The molecule has 1 unspecified atom stereocenters. The van der Waals surface area contributed by atoms with Gasteiger partial charge in [-0.3, -0.25) is 18.9 Å². The van der Waals surface area contributed by atoms with Crippen LogP contribution in [0.1, 0.15) is 53.5 Å². The molecular weight excluding hydrogens is 489 g/mol. The zero-order valence-electron chi connectivity index (χ0n) is 21.8. The second-order valence-corrected chi connectivity index (χ2v) is 10.9. The maximum atomic E-state index is 13.3. The van der Waals surface area contributed by atoms with Crippen molar-refractivity contribution in [1.29, 1.82) is 0 Å². The minimum Gasteiger partial charge on any atom is -0.444 e. The lowest BCUT2D eigenvalue weighted by atomic mass is 10.0. The average molecular weight is 528 g/mol. The Morgan fingerprint density at radius 2 is 1.53 bits per heavy atom. The molecule has 0 bridgehead atoms. The SMILES string of the molecule is CCOP(=O)(OCC)C(NC(=O)[C@H](Cc1ccccc1)NC(=O)CNC(=O)OC(C)(C)C)C(=O)CC. The number of carbonyl (C=O) groups excluding carboxylic acids is 4. The molecule has 0 heterocycles. The molecule has 11 nitrogen and oxygen atoms in total. The van der Waals surface area contributed by atoms with Crippen LogP contribution < -0.4 is 16.0 Å². The van der Waals surface area contributed by atoms with Gasteiger partial charge >= 0.3 is 13.7 Å². The van der Waals surface area contributed by atoms with Crippen molar-refractivity contribution in [2.24, 2.45) is 0 Å². The van der Waals surface area contributed by atoms with E-state index in [1.54, 1.807) is 71.9 Å². The van der Waals surface area contributed by atoms with Crippen LogP contribution in [0.2, 0.25) is 0 Å². The van der Waals surface area contributed by atoms with E-state index >= 15 is 0 Å². The van der Waals surface area contributed by atoms with Gasteiger partial charge in [-0.15, -0.1) is 0 Å². The summed E-state index contributed by atoms with van der Waals surface area (Å²) in [5.74, 6) is -3.49. The number of nitrogens with one attached hydrogen (secondary N) is 3. The van der Waals surface area contributed by atoms with Crippen LogP contribution in [0.4, 0.5) is 4.79 Å². The van der Waals surface area contributed by atoms with Crippen LogP contribution in [-0.4, -0.2) is 60.9 Å². The van der Waals surface area contributed by atoms with E-state index in [2.05, 4.69) is 16.0 Å². The molecule has 0 aliphatic rings. The monoisotopic (exact) mass is 527 g/mol. The molecule has 0 fully saturated rings. The Hall–Kier alpha value is -2.75. The Morgan fingerprint density at radius 3 is 2.03 bits per heavy atom. The highest BCUT2D eigenvalue weighted by Gasteiger charge is 2.42. The number of alkyl carbamates (subject to hydrolysis) is 1. The number of rotatable bonds is 14. The van der Waals surface area contributed by atoms with Gasteiger partial charge in [0.25, 0.3) is 0 Å². The Kier molecular flexibility index (Phi) is 12.8. The van der Waals surface area contributed by atoms with Gasteiger partial charge in [0.2, 0.25) is 11.8 Å². The number of amides is 3. The van der Waals surface area contributed by atoms with Crippen molar-refractivity contribution in [1.82, 2.24) is 16.0 Å². The highest BCUT2D eigenvalue weighted by Crippen LogP contribution is 2.52. The van der Waals surface area contributed by atoms with Crippen molar-refractivity contribution in [2.75, 3.05) is 19.8 Å². The maximum absolute atomic E-state index is 13.3. The number of hydrogen-bond acceptors (Lipinski definition) is 8. The second-order valence-electron chi connectivity index (χ2n) is 8.77. The first-order valence-corrected chi connectivity index (χ1v) is 13.5. The summed E-state index contributed by atoms with van der Waals surface area (Å²) in [6, 6.07) is 7.74. The molecule has 0 aliphatic heterocycles. The van der Waals surface area contributed by atoms with Gasteiger partial charge in [-0.2, -0.15) is 0 Å². The molecular formula is C24H38N3O8P. The van der Waals surface area contributed by atoms with Crippen LogP contribution in [0.3, 0.4) is 0 Å². The zero-order valence-corrected chi connectivity index (χ0v) is 22.7. The summed E-state index contributed by atoms with van der Waals surface area (Å²) in [5, 5.41) is 7.36. The third kappa shape index (κ3) is 10.9. The summed E-state index contributed by atoms with van der Waals surface area (Å²) in [4.78, 5) is 50.4. The predicted molar refractivity (Wildman–Crippen MR) is 134 cm³/mol. The van der Waals surface area contributed by atoms with Crippen molar-refractivity contribution in [2.45, 2.75) is 71.8 Å². The summed E-state index contributed by atoms with van der Waals surface area (Å²) < 4.78 is 29.0. The summed E-state index contributed by atoms with van der Waals surface area (Å²) in [7, 11) is -4.03. The maximum Gasteiger partial charge on any atom is 0.408 e. The summed E-state index contributed by atoms with van der Waals surface area (Å²) >= 11 is 0. The van der Waals surface area contributed by atoms with E-state index in [1.165, 1.54) is 0 Å². The quantitative estimate of drug-likeness (QED) is 0.313. The van der Waals surface area contributed by atoms with Crippen LogP contribution in [0.15, 0.2) is 30.3 Å². The molecule has 2 atom stereocenters. The van der Waals surface area contributed by atoms with Crippen molar-refractivity contribution >= 4 is 31.3 Å². The van der Waals surface area contributed by atoms with Crippen LogP contribution in [0, 0.1) is 0 Å². The van der Waals surface area contributed by atoms with E-state index in [0.717, 1.165) is 5.56 Å². The summed E-state index contributed by atoms with van der Waals surface area (Å²) in [6.07, 6.45) is -0.736. The third-order valence-corrected chi connectivity index (χ3v) is 6.88. The first kappa shape index (κ1) is 31.3. The molecule has 0 aliphatic carbocycles.